The quantitative estimate of drug-likeness (QED) is 0.812. The van der Waals surface area contributed by atoms with Crippen LogP contribution in [0.1, 0.15) is 39.8 Å². The maximum absolute atomic E-state index is 14.2. The number of halogens is 3. The largest absolute Gasteiger partial charge is 0.329 e. The van der Waals surface area contributed by atoms with Gasteiger partial charge in [0.15, 0.2) is 10.9 Å². The second-order valence-corrected chi connectivity index (χ2v) is 6.62. The summed E-state index contributed by atoms with van der Waals surface area (Å²) in [6.07, 6.45) is 2.79. The average molecular weight is 343 g/mol. The second kappa shape index (κ2) is 5.93. The van der Waals surface area contributed by atoms with E-state index in [-0.39, 0.29) is 16.6 Å². The van der Waals surface area contributed by atoms with Crippen molar-refractivity contribution < 1.29 is 13.6 Å². The third-order valence-corrected chi connectivity index (χ3v) is 5.09. The van der Waals surface area contributed by atoms with E-state index in [1.807, 2.05) is 0 Å². The number of nitrogens with zero attached hydrogens (tertiary/aromatic N) is 2. The predicted octanol–water partition coefficient (Wildman–Crippen LogP) is 4.36. The lowest BCUT2D eigenvalue weighted by Crippen LogP contribution is -2.31. The van der Waals surface area contributed by atoms with Crippen LogP contribution in [0.5, 0.6) is 0 Å². The summed E-state index contributed by atoms with van der Waals surface area (Å²) < 4.78 is 27.5. The lowest BCUT2D eigenvalue weighted by Gasteiger charge is -2.24. The van der Waals surface area contributed by atoms with Crippen LogP contribution in [0.3, 0.4) is 0 Å². The van der Waals surface area contributed by atoms with Crippen LogP contribution in [-0.2, 0) is 0 Å². The van der Waals surface area contributed by atoms with Crippen molar-refractivity contribution in [3.63, 3.8) is 0 Å². The van der Waals surface area contributed by atoms with Crippen molar-refractivity contribution in [2.75, 3.05) is 6.54 Å². The van der Waals surface area contributed by atoms with Gasteiger partial charge in [-0.05, 0) is 37.5 Å². The van der Waals surface area contributed by atoms with Crippen molar-refractivity contribution in [1.82, 2.24) is 9.88 Å². The number of aromatic nitrogens is 1. The normalized spacial score (nSPS) is 18.0. The van der Waals surface area contributed by atoms with Crippen LogP contribution in [0.15, 0.2) is 18.3 Å². The van der Waals surface area contributed by atoms with Gasteiger partial charge >= 0.3 is 0 Å². The van der Waals surface area contributed by atoms with E-state index in [1.165, 1.54) is 18.3 Å². The summed E-state index contributed by atoms with van der Waals surface area (Å²) in [5.41, 5.74) is 0.769. The number of hydrogen-bond acceptors (Lipinski definition) is 3. The number of likely N-dealkylation sites (tertiary alicyclic amines) is 1. The van der Waals surface area contributed by atoms with Crippen molar-refractivity contribution in [2.45, 2.75) is 25.8 Å². The van der Waals surface area contributed by atoms with Gasteiger partial charge in [0.05, 0.1) is 15.9 Å². The zero-order valence-corrected chi connectivity index (χ0v) is 13.3. The van der Waals surface area contributed by atoms with Gasteiger partial charge in [0.25, 0.3) is 5.91 Å². The number of carbonyl (C=O) groups is 1. The Hall–Kier alpha value is -1.53. The maximum Gasteiger partial charge on any atom is 0.264 e. The third-order valence-electron chi connectivity index (χ3n) is 3.78. The smallest absolute Gasteiger partial charge is 0.264 e. The zero-order valence-electron chi connectivity index (χ0n) is 11.8. The molecule has 1 fully saturated rings. The molecular weight excluding hydrogens is 330 g/mol. The first-order valence-electron chi connectivity index (χ1n) is 6.86. The molecule has 1 aliphatic heterocycles. The first kappa shape index (κ1) is 15.4. The summed E-state index contributed by atoms with van der Waals surface area (Å²) in [6, 6.07) is 2.25. The number of aryl methyl sites for hydroxylation is 1. The molecule has 3 heterocycles. The van der Waals surface area contributed by atoms with Gasteiger partial charge in [-0.15, -0.1) is 11.3 Å². The molecule has 1 atom stereocenters. The molecule has 0 bridgehead atoms. The van der Waals surface area contributed by atoms with E-state index in [2.05, 4.69) is 4.98 Å². The third kappa shape index (κ3) is 2.61. The molecule has 0 aliphatic carbocycles. The lowest BCUT2D eigenvalue weighted by atomic mass is 10.1. The summed E-state index contributed by atoms with van der Waals surface area (Å²) in [5.74, 6) is -0.877. The number of carbonyl (C=O) groups excluding carboxylic acids is 1. The molecule has 2 aromatic rings. The highest BCUT2D eigenvalue weighted by Gasteiger charge is 2.35. The molecule has 7 heteroatoms. The topological polar surface area (TPSA) is 33.2 Å². The minimum absolute atomic E-state index is 0.0114. The number of thiophene rings is 1. The van der Waals surface area contributed by atoms with Crippen molar-refractivity contribution in [1.29, 1.82) is 0 Å². The molecule has 22 heavy (non-hydrogen) atoms. The maximum atomic E-state index is 14.2. The zero-order chi connectivity index (χ0) is 15.9. The average Bonchev–Trinajstić information content (AvgIpc) is 3.07. The Morgan fingerprint density at radius 3 is 2.95 bits per heavy atom. The number of pyridine rings is 1. The summed E-state index contributed by atoms with van der Waals surface area (Å²) >= 11 is 6.61. The molecule has 2 aromatic heterocycles. The molecule has 0 radical (unpaired) electrons. The van der Waals surface area contributed by atoms with Crippen LogP contribution >= 0.6 is 22.9 Å². The number of amides is 1. The highest BCUT2D eigenvalue weighted by molar-refractivity contribution is 7.12. The Labute approximate surface area is 135 Å². The van der Waals surface area contributed by atoms with Gasteiger partial charge in [0, 0.05) is 12.7 Å². The van der Waals surface area contributed by atoms with E-state index < -0.39 is 17.0 Å². The fraction of sp³-hybridized carbons (Fsp3) is 0.333. The van der Waals surface area contributed by atoms with Gasteiger partial charge in [-0.2, -0.15) is 4.39 Å². The molecule has 1 saturated heterocycles. The number of hydrogen-bond donors (Lipinski definition) is 0. The van der Waals surface area contributed by atoms with Gasteiger partial charge in [-0.1, -0.05) is 11.6 Å². The Bertz CT molecular complexity index is 734. The molecule has 116 valence electrons. The SMILES string of the molecule is Cc1cc(F)sc1C(=O)N1CCCC1c1nccc(Cl)c1F. The van der Waals surface area contributed by atoms with Gasteiger partial charge in [-0.25, -0.2) is 4.39 Å². The van der Waals surface area contributed by atoms with Crippen LogP contribution in [0.2, 0.25) is 5.02 Å². The van der Waals surface area contributed by atoms with E-state index >= 15 is 0 Å². The fourth-order valence-electron chi connectivity index (χ4n) is 2.75. The molecular formula is C15H13ClF2N2OS. The highest BCUT2D eigenvalue weighted by atomic mass is 35.5. The summed E-state index contributed by atoms with van der Waals surface area (Å²) in [5, 5.41) is -0.411. The van der Waals surface area contributed by atoms with Gasteiger partial charge in [-0.3, -0.25) is 9.78 Å². The molecule has 3 rings (SSSR count). The molecule has 0 spiro atoms. The minimum Gasteiger partial charge on any atom is -0.329 e. The van der Waals surface area contributed by atoms with E-state index in [0.29, 0.717) is 23.4 Å². The number of rotatable bonds is 2. The van der Waals surface area contributed by atoms with Crippen molar-refractivity contribution in [2.24, 2.45) is 0 Å². The second-order valence-electron chi connectivity index (χ2n) is 5.21. The summed E-state index contributed by atoms with van der Waals surface area (Å²) in [7, 11) is 0. The van der Waals surface area contributed by atoms with E-state index in [9.17, 15) is 13.6 Å². The first-order chi connectivity index (χ1) is 10.5. The molecule has 1 unspecified atom stereocenters. The molecule has 0 N–H and O–H groups in total. The van der Waals surface area contributed by atoms with E-state index in [4.69, 9.17) is 11.6 Å². The van der Waals surface area contributed by atoms with Crippen molar-refractivity contribution in [3.05, 3.63) is 50.4 Å². The van der Waals surface area contributed by atoms with Crippen molar-refractivity contribution >= 4 is 28.8 Å². The van der Waals surface area contributed by atoms with Crippen LogP contribution in [-0.4, -0.2) is 22.3 Å². The first-order valence-corrected chi connectivity index (χ1v) is 8.05. The minimum atomic E-state index is -0.594. The Morgan fingerprint density at radius 2 is 2.27 bits per heavy atom. The van der Waals surface area contributed by atoms with Gasteiger partial charge < -0.3 is 4.90 Å². The molecule has 0 saturated carbocycles. The highest BCUT2D eigenvalue weighted by Crippen LogP contribution is 2.36. The van der Waals surface area contributed by atoms with E-state index in [1.54, 1.807) is 11.8 Å². The summed E-state index contributed by atoms with van der Waals surface area (Å²) in [6.45, 7) is 2.19. The van der Waals surface area contributed by atoms with Crippen molar-refractivity contribution in [3.8, 4) is 0 Å². The monoisotopic (exact) mass is 342 g/mol. The Morgan fingerprint density at radius 1 is 1.50 bits per heavy atom. The molecule has 0 aromatic carbocycles. The van der Waals surface area contributed by atoms with Gasteiger partial charge in [0.1, 0.15) is 5.69 Å². The van der Waals surface area contributed by atoms with Crippen LogP contribution in [0.25, 0.3) is 0 Å². The summed E-state index contributed by atoms with van der Waals surface area (Å²) in [4.78, 5) is 18.6. The Kier molecular flexibility index (Phi) is 4.14. The molecule has 3 nitrogen and oxygen atoms in total. The van der Waals surface area contributed by atoms with Crippen LogP contribution < -0.4 is 0 Å². The molecule has 1 aliphatic rings. The predicted molar refractivity (Wildman–Crippen MR) is 81.2 cm³/mol. The van der Waals surface area contributed by atoms with E-state index in [0.717, 1.165) is 17.8 Å². The Balaban J connectivity index is 1.95. The fourth-order valence-corrected chi connectivity index (χ4v) is 3.76. The standard InChI is InChI=1S/C15H13ClF2N2OS/c1-8-7-11(17)22-14(8)15(21)20-6-2-3-10(20)13-12(18)9(16)4-5-19-13/h4-5,7,10H,2-3,6H2,1H3. The van der Waals surface area contributed by atoms with Gasteiger partial charge in [0.2, 0.25) is 0 Å². The lowest BCUT2D eigenvalue weighted by molar-refractivity contribution is 0.0735. The van der Waals surface area contributed by atoms with Crippen LogP contribution in [0.4, 0.5) is 8.78 Å². The van der Waals surface area contributed by atoms with Crippen LogP contribution in [0, 0.1) is 17.9 Å². The molecule has 1 amide bonds.